The van der Waals surface area contributed by atoms with Crippen molar-refractivity contribution in [3.63, 3.8) is 0 Å². The van der Waals surface area contributed by atoms with Gasteiger partial charge in [0.2, 0.25) is 5.88 Å². The molecule has 1 atom stereocenters. The van der Waals surface area contributed by atoms with Gasteiger partial charge < -0.3 is 10.1 Å². The molecule has 4 rings (SSSR count). The number of fused-ring (bicyclic) bond motifs is 1. The normalized spacial score (nSPS) is 17.2. The molecule has 6 heteroatoms. The number of para-hydroxylation sites is 1. The number of aromatic nitrogens is 2. The van der Waals surface area contributed by atoms with Gasteiger partial charge in [0, 0.05) is 12.5 Å². The van der Waals surface area contributed by atoms with Gasteiger partial charge in [0.05, 0.1) is 23.2 Å². The molecule has 0 saturated carbocycles. The number of hydrogen-bond donors (Lipinski definition) is 1. The molecule has 3 aromatic rings. The summed E-state index contributed by atoms with van der Waals surface area (Å²) in [6.07, 6.45) is 2.38. The zero-order valence-electron chi connectivity index (χ0n) is 13.8. The van der Waals surface area contributed by atoms with Crippen LogP contribution < -0.4 is 10.1 Å². The van der Waals surface area contributed by atoms with E-state index in [2.05, 4.69) is 10.4 Å². The average Bonchev–Trinajstić information content (AvgIpc) is 3.00. The van der Waals surface area contributed by atoms with Crippen LogP contribution in [0.5, 0.6) is 5.88 Å². The van der Waals surface area contributed by atoms with Crippen LogP contribution in [0.25, 0.3) is 16.6 Å². The first-order valence-electron chi connectivity index (χ1n) is 8.38. The Morgan fingerprint density at radius 1 is 1.16 bits per heavy atom. The fourth-order valence-corrected chi connectivity index (χ4v) is 3.19. The van der Waals surface area contributed by atoms with Gasteiger partial charge in [-0.05, 0) is 55.8 Å². The number of nitrogens with zero attached hydrogens (tertiary/aromatic N) is 2. The van der Waals surface area contributed by atoms with Crippen LogP contribution in [0.2, 0.25) is 0 Å². The molecule has 1 saturated heterocycles. The Bertz CT molecular complexity index is 828. The van der Waals surface area contributed by atoms with Gasteiger partial charge >= 0.3 is 0 Å². The molecule has 2 aromatic carbocycles. The molecule has 132 valence electrons. The van der Waals surface area contributed by atoms with Gasteiger partial charge in [-0.15, -0.1) is 17.5 Å². The van der Waals surface area contributed by atoms with E-state index in [1.807, 2.05) is 28.9 Å². The van der Waals surface area contributed by atoms with Crippen molar-refractivity contribution < 1.29 is 9.13 Å². The van der Waals surface area contributed by atoms with Crippen LogP contribution in [0.4, 0.5) is 4.39 Å². The minimum Gasteiger partial charge on any atom is -0.476 e. The summed E-state index contributed by atoms with van der Waals surface area (Å²) < 4.78 is 21.0. The first-order valence-corrected chi connectivity index (χ1v) is 8.38. The minimum atomic E-state index is -0.253. The van der Waals surface area contributed by atoms with E-state index >= 15 is 0 Å². The van der Waals surface area contributed by atoms with Crippen molar-refractivity contribution in [2.24, 2.45) is 5.92 Å². The van der Waals surface area contributed by atoms with Gasteiger partial charge in [-0.1, -0.05) is 12.1 Å². The molecular formula is C19H21ClFN3O. The number of halogens is 2. The molecule has 1 N–H and O–H groups in total. The van der Waals surface area contributed by atoms with E-state index in [9.17, 15) is 4.39 Å². The SMILES string of the molecule is Cl.Fc1ccc(-n2nc(OCC3CCCNC3)c3ccccc32)cc1. The second-order valence-electron chi connectivity index (χ2n) is 6.23. The number of nitrogens with one attached hydrogen (secondary N) is 1. The maximum Gasteiger partial charge on any atom is 0.241 e. The van der Waals surface area contributed by atoms with Crippen molar-refractivity contribution in [1.29, 1.82) is 0 Å². The summed E-state index contributed by atoms with van der Waals surface area (Å²) in [4.78, 5) is 0. The number of rotatable bonds is 4. The van der Waals surface area contributed by atoms with E-state index in [0.717, 1.165) is 29.7 Å². The minimum absolute atomic E-state index is 0. The molecule has 1 aliphatic rings. The largest absolute Gasteiger partial charge is 0.476 e. The first-order chi connectivity index (χ1) is 11.8. The van der Waals surface area contributed by atoms with Crippen LogP contribution in [0.3, 0.4) is 0 Å². The lowest BCUT2D eigenvalue weighted by molar-refractivity contribution is 0.213. The van der Waals surface area contributed by atoms with Crippen LogP contribution in [-0.4, -0.2) is 29.5 Å². The Balaban J connectivity index is 0.00000182. The third-order valence-corrected chi connectivity index (χ3v) is 4.48. The molecule has 4 nitrogen and oxygen atoms in total. The maximum absolute atomic E-state index is 13.2. The van der Waals surface area contributed by atoms with E-state index in [0.29, 0.717) is 18.4 Å². The van der Waals surface area contributed by atoms with Crippen LogP contribution in [0.1, 0.15) is 12.8 Å². The first kappa shape index (κ1) is 17.7. The summed E-state index contributed by atoms with van der Waals surface area (Å²) in [5.41, 5.74) is 1.78. The Kier molecular flexibility index (Phi) is 5.56. The fourth-order valence-electron chi connectivity index (χ4n) is 3.19. The molecule has 0 aliphatic carbocycles. The second kappa shape index (κ2) is 7.85. The predicted octanol–water partition coefficient (Wildman–Crippen LogP) is 3.96. The lowest BCUT2D eigenvalue weighted by Crippen LogP contribution is -2.33. The Hall–Kier alpha value is -2.11. The highest BCUT2D eigenvalue weighted by Crippen LogP contribution is 2.28. The summed E-state index contributed by atoms with van der Waals surface area (Å²) in [6, 6.07) is 14.3. The molecule has 1 aliphatic heterocycles. The van der Waals surface area contributed by atoms with Crippen molar-refractivity contribution in [1.82, 2.24) is 15.1 Å². The fraction of sp³-hybridized carbons (Fsp3) is 0.316. The molecule has 0 radical (unpaired) electrons. The molecule has 0 bridgehead atoms. The van der Waals surface area contributed by atoms with Gasteiger partial charge in [0.1, 0.15) is 5.82 Å². The smallest absolute Gasteiger partial charge is 0.241 e. The van der Waals surface area contributed by atoms with E-state index in [-0.39, 0.29) is 18.2 Å². The lowest BCUT2D eigenvalue weighted by atomic mass is 10.0. The Morgan fingerprint density at radius 3 is 2.72 bits per heavy atom. The lowest BCUT2D eigenvalue weighted by Gasteiger charge is -2.22. The molecule has 1 unspecified atom stereocenters. The standard InChI is InChI=1S/C19H20FN3O.ClH/c20-15-7-9-16(10-8-15)23-18-6-2-1-5-17(18)19(22-23)24-13-14-4-3-11-21-12-14;/h1-2,5-10,14,21H,3-4,11-13H2;1H. The topological polar surface area (TPSA) is 39.1 Å². The van der Waals surface area contributed by atoms with Crippen LogP contribution >= 0.6 is 12.4 Å². The summed E-state index contributed by atoms with van der Waals surface area (Å²) in [5.74, 6) is 0.908. The van der Waals surface area contributed by atoms with E-state index in [1.165, 1.54) is 25.0 Å². The summed E-state index contributed by atoms with van der Waals surface area (Å²) in [7, 11) is 0. The highest BCUT2D eigenvalue weighted by molar-refractivity contribution is 5.86. The number of ether oxygens (including phenoxy) is 1. The molecule has 2 heterocycles. The van der Waals surface area contributed by atoms with Crippen molar-refractivity contribution in [2.45, 2.75) is 12.8 Å². The van der Waals surface area contributed by atoms with Crippen molar-refractivity contribution in [3.05, 3.63) is 54.3 Å². The number of hydrogen-bond acceptors (Lipinski definition) is 3. The third-order valence-electron chi connectivity index (χ3n) is 4.48. The predicted molar refractivity (Wildman–Crippen MR) is 99.4 cm³/mol. The van der Waals surface area contributed by atoms with Crippen LogP contribution in [0.15, 0.2) is 48.5 Å². The zero-order valence-corrected chi connectivity index (χ0v) is 14.6. The van der Waals surface area contributed by atoms with Gasteiger partial charge in [0.25, 0.3) is 0 Å². The molecule has 1 aromatic heterocycles. The summed E-state index contributed by atoms with van der Waals surface area (Å²) in [5, 5.41) is 9.01. The summed E-state index contributed by atoms with van der Waals surface area (Å²) in [6.45, 7) is 2.76. The van der Waals surface area contributed by atoms with Crippen molar-refractivity contribution >= 4 is 23.3 Å². The second-order valence-corrected chi connectivity index (χ2v) is 6.23. The van der Waals surface area contributed by atoms with Crippen LogP contribution in [-0.2, 0) is 0 Å². The van der Waals surface area contributed by atoms with Gasteiger partial charge in [-0.3, -0.25) is 0 Å². The average molecular weight is 362 g/mol. The van der Waals surface area contributed by atoms with Crippen molar-refractivity contribution in [3.8, 4) is 11.6 Å². The van der Waals surface area contributed by atoms with Gasteiger partial charge in [0.15, 0.2) is 0 Å². The molecule has 0 spiro atoms. The quantitative estimate of drug-likeness (QED) is 0.764. The molecule has 1 fully saturated rings. The van der Waals surface area contributed by atoms with E-state index < -0.39 is 0 Å². The third kappa shape index (κ3) is 3.78. The van der Waals surface area contributed by atoms with Gasteiger partial charge in [-0.25, -0.2) is 9.07 Å². The Labute approximate surface area is 152 Å². The Morgan fingerprint density at radius 2 is 1.96 bits per heavy atom. The molecular weight excluding hydrogens is 341 g/mol. The highest BCUT2D eigenvalue weighted by atomic mass is 35.5. The van der Waals surface area contributed by atoms with Crippen LogP contribution in [0, 0.1) is 11.7 Å². The number of piperidine rings is 1. The van der Waals surface area contributed by atoms with Crippen molar-refractivity contribution in [2.75, 3.05) is 19.7 Å². The maximum atomic E-state index is 13.2. The summed E-state index contributed by atoms with van der Waals surface area (Å²) >= 11 is 0. The number of benzene rings is 2. The zero-order chi connectivity index (χ0) is 16.4. The van der Waals surface area contributed by atoms with Gasteiger partial charge in [-0.2, -0.15) is 0 Å². The molecule has 25 heavy (non-hydrogen) atoms. The van der Waals surface area contributed by atoms with E-state index in [4.69, 9.17) is 4.74 Å². The molecule has 0 amide bonds. The monoisotopic (exact) mass is 361 g/mol. The van der Waals surface area contributed by atoms with E-state index in [1.54, 1.807) is 12.1 Å². The highest BCUT2D eigenvalue weighted by Gasteiger charge is 2.17.